The first-order valence-electron chi connectivity index (χ1n) is 11.8. The van der Waals surface area contributed by atoms with E-state index in [-0.39, 0.29) is 36.7 Å². The lowest BCUT2D eigenvalue weighted by molar-refractivity contribution is 0.0827. The summed E-state index contributed by atoms with van der Waals surface area (Å²) in [5, 5.41) is 10.8. The van der Waals surface area contributed by atoms with Crippen LogP contribution in [0.15, 0.2) is 40.1 Å². The predicted octanol–water partition coefficient (Wildman–Crippen LogP) is 8.32. The summed E-state index contributed by atoms with van der Waals surface area (Å²) in [6.45, 7) is 11.8. The summed E-state index contributed by atoms with van der Waals surface area (Å²) in [7, 11) is 0. The number of hydrazine groups is 1. The van der Waals surface area contributed by atoms with Crippen LogP contribution in [0.4, 0.5) is 19.4 Å². The third-order valence-corrected chi connectivity index (χ3v) is 8.15. The average molecular weight is 632 g/mol. The molecule has 214 valence electrons. The van der Waals surface area contributed by atoms with Crippen molar-refractivity contribution >= 4 is 64.3 Å². The Morgan fingerprint density at radius 2 is 1.48 bits per heavy atom. The Hall–Kier alpha value is -2.79. The van der Waals surface area contributed by atoms with E-state index in [0.29, 0.717) is 16.0 Å². The Labute approximate surface area is 250 Å². The summed E-state index contributed by atoms with van der Waals surface area (Å²) >= 11 is 20.4. The first kappa shape index (κ1) is 31.7. The van der Waals surface area contributed by atoms with Gasteiger partial charge in [0.05, 0.1) is 9.92 Å². The van der Waals surface area contributed by atoms with Crippen molar-refractivity contribution in [1.82, 2.24) is 9.99 Å². The highest BCUT2D eigenvalue weighted by atomic mass is 35.5. The minimum atomic E-state index is -1.43. The number of carbonyl (C=O) groups excluding carboxylic acids is 2. The van der Waals surface area contributed by atoms with Gasteiger partial charge in [0.25, 0.3) is 5.91 Å². The second-order valence-corrected chi connectivity index (χ2v) is 13.1. The van der Waals surface area contributed by atoms with Gasteiger partial charge in [0.2, 0.25) is 0 Å². The van der Waals surface area contributed by atoms with E-state index in [4.69, 9.17) is 40.5 Å². The number of nitrogens with zero attached hydrogens (tertiary/aromatic N) is 2. The molecule has 1 heterocycles. The van der Waals surface area contributed by atoms with Crippen LogP contribution in [0.25, 0.3) is 0 Å². The van der Waals surface area contributed by atoms with E-state index >= 15 is 0 Å². The lowest BCUT2D eigenvalue weighted by Gasteiger charge is -2.28. The predicted molar refractivity (Wildman–Crippen MR) is 155 cm³/mol. The summed E-state index contributed by atoms with van der Waals surface area (Å²) in [5.41, 5.74) is 7.16. The van der Waals surface area contributed by atoms with Gasteiger partial charge in [-0.15, -0.1) is 0 Å². The number of urea groups is 1. The van der Waals surface area contributed by atoms with Crippen LogP contribution in [-0.2, 0) is 10.8 Å². The number of primary amides is 1. The number of aromatic nitrogens is 1. The van der Waals surface area contributed by atoms with Crippen LogP contribution in [0.2, 0.25) is 15.2 Å². The lowest BCUT2D eigenvalue weighted by Crippen LogP contribution is -2.45. The van der Waals surface area contributed by atoms with Gasteiger partial charge < -0.3 is 10.8 Å². The Morgan fingerprint density at radius 3 is 1.93 bits per heavy atom. The van der Waals surface area contributed by atoms with E-state index in [9.17, 15) is 23.5 Å². The fraction of sp³-hybridized carbons (Fsp3) is 0.296. The molecule has 7 nitrogen and oxygen atoms in total. The molecule has 3 rings (SSSR count). The average Bonchev–Trinajstić information content (AvgIpc) is 2.82. The maximum atomic E-state index is 14.3. The molecular weight excluding hydrogens is 605 g/mol. The third-order valence-electron chi connectivity index (χ3n) is 5.73. The number of aromatic hydroxyl groups is 1. The van der Waals surface area contributed by atoms with Crippen molar-refractivity contribution in [3.63, 3.8) is 0 Å². The van der Waals surface area contributed by atoms with Crippen LogP contribution in [0.1, 0.15) is 63.0 Å². The van der Waals surface area contributed by atoms with Gasteiger partial charge in [0.15, 0.2) is 11.0 Å². The number of rotatable bonds is 5. The maximum absolute atomic E-state index is 14.3. The number of nitrogens with one attached hydrogen (secondary N) is 1. The van der Waals surface area contributed by atoms with E-state index in [1.165, 1.54) is 0 Å². The molecule has 0 atom stereocenters. The normalized spacial score (nSPS) is 11.9. The van der Waals surface area contributed by atoms with Crippen LogP contribution < -0.4 is 11.2 Å². The number of nitrogens with two attached hydrogens (primary N) is 1. The van der Waals surface area contributed by atoms with Gasteiger partial charge in [0, 0.05) is 16.0 Å². The second kappa shape index (κ2) is 11.6. The van der Waals surface area contributed by atoms with Gasteiger partial charge in [-0.1, -0.05) is 94.2 Å². The van der Waals surface area contributed by atoms with Gasteiger partial charge in [-0.05, 0) is 35.1 Å². The summed E-state index contributed by atoms with van der Waals surface area (Å²) in [4.78, 5) is 29.9. The fourth-order valence-corrected chi connectivity index (χ4v) is 5.50. The molecule has 0 radical (unpaired) electrons. The van der Waals surface area contributed by atoms with E-state index in [1.54, 1.807) is 12.1 Å². The van der Waals surface area contributed by atoms with E-state index in [2.05, 4.69) is 10.4 Å². The molecule has 1 aromatic heterocycles. The molecular formula is C27H27Cl3F2N4O3S. The molecule has 3 amide bonds. The standard InChI is InChI=1S/C27H27Cl3F2N4O3S/c1-26(2,3)13-10-12(11-14(20(13)37)27(4,5)6)40-21-18(28)22(30)34-23(19(21)29)35-36(25(33)39)24(38)17-15(31)8-7-9-16(17)32/h7-11,37H,1-6H3,(H2,33,39)(H,34,35). The first-order valence-corrected chi connectivity index (χ1v) is 13.7. The molecule has 13 heteroatoms. The first-order chi connectivity index (χ1) is 18.3. The van der Waals surface area contributed by atoms with Gasteiger partial charge in [-0.3, -0.25) is 10.2 Å². The van der Waals surface area contributed by atoms with Crippen molar-refractivity contribution in [1.29, 1.82) is 0 Å². The van der Waals surface area contributed by atoms with E-state index < -0.39 is 40.0 Å². The van der Waals surface area contributed by atoms with Gasteiger partial charge in [-0.25, -0.2) is 18.6 Å². The van der Waals surface area contributed by atoms with Crippen molar-refractivity contribution in [2.75, 3.05) is 5.43 Å². The molecule has 0 bridgehead atoms. The highest BCUT2D eigenvalue weighted by Gasteiger charge is 2.30. The SMILES string of the molecule is CC(C)(C)c1cc(Sc2c(Cl)c(Cl)nc(NN(C(N)=O)C(=O)c3c(F)cccc3F)c2Cl)cc(C(C)(C)C)c1O. The Morgan fingerprint density at radius 1 is 0.975 bits per heavy atom. The smallest absolute Gasteiger partial charge is 0.341 e. The quantitative estimate of drug-likeness (QED) is 0.193. The number of benzene rings is 2. The van der Waals surface area contributed by atoms with Crippen molar-refractivity contribution in [3.8, 4) is 5.75 Å². The number of hydrogen-bond acceptors (Lipinski definition) is 6. The molecule has 0 saturated carbocycles. The largest absolute Gasteiger partial charge is 0.507 e. The summed E-state index contributed by atoms with van der Waals surface area (Å²) in [5.74, 6) is -4.00. The molecule has 40 heavy (non-hydrogen) atoms. The number of pyridine rings is 1. The van der Waals surface area contributed by atoms with Gasteiger partial charge in [-0.2, -0.15) is 5.01 Å². The molecule has 4 N–H and O–H groups in total. The van der Waals surface area contributed by atoms with Crippen molar-refractivity contribution in [2.24, 2.45) is 5.73 Å². The summed E-state index contributed by atoms with van der Waals surface area (Å²) in [6.07, 6.45) is 0. The number of hydrogen-bond donors (Lipinski definition) is 3. The topological polar surface area (TPSA) is 109 Å². The molecule has 0 spiro atoms. The van der Waals surface area contributed by atoms with Crippen LogP contribution in [0.5, 0.6) is 5.75 Å². The number of anilines is 1. The molecule has 0 fully saturated rings. The number of phenolic OH excluding ortho intramolecular Hbond substituents is 1. The lowest BCUT2D eigenvalue weighted by atomic mass is 9.79. The number of phenols is 1. The molecule has 0 saturated heterocycles. The number of halogens is 5. The van der Waals surface area contributed by atoms with Gasteiger partial charge >= 0.3 is 6.03 Å². The number of imide groups is 1. The monoisotopic (exact) mass is 630 g/mol. The minimum absolute atomic E-state index is 0.0259. The second-order valence-electron chi connectivity index (χ2n) is 10.9. The molecule has 3 aromatic rings. The summed E-state index contributed by atoms with van der Waals surface area (Å²) in [6, 6.07) is 4.96. The third kappa shape index (κ3) is 6.57. The zero-order valence-electron chi connectivity index (χ0n) is 22.4. The minimum Gasteiger partial charge on any atom is -0.507 e. The molecule has 0 unspecified atom stereocenters. The highest BCUT2D eigenvalue weighted by Crippen LogP contribution is 2.48. The van der Waals surface area contributed by atoms with Crippen molar-refractivity contribution in [2.45, 2.75) is 62.2 Å². The van der Waals surface area contributed by atoms with Crippen LogP contribution >= 0.6 is 46.6 Å². The zero-order valence-corrected chi connectivity index (χ0v) is 25.5. The van der Waals surface area contributed by atoms with E-state index in [1.807, 2.05) is 41.5 Å². The van der Waals surface area contributed by atoms with Crippen LogP contribution in [-0.4, -0.2) is 27.0 Å². The van der Waals surface area contributed by atoms with Crippen LogP contribution in [0.3, 0.4) is 0 Å². The maximum Gasteiger partial charge on any atom is 0.341 e. The van der Waals surface area contributed by atoms with Crippen molar-refractivity contribution in [3.05, 3.63) is 73.9 Å². The van der Waals surface area contributed by atoms with Crippen LogP contribution in [0, 0.1) is 11.6 Å². The molecule has 0 aliphatic carbocycles. The number of amides is 3. The molecule has 0 aliphatic heterocycles. The van der Waals surface area contributed by atoms with E-state index in [0.717, 1.165) is 30.0 Å². The van der Waals surface area contributed by atoms with Crippen molar-refractivity contribution < 1.29 is 23.5 Å². The Bertz CT molecular complexity index is 1450. The fourth-order valence-electron chi connectivity index (χ4n) is 3.71. The summed E-state index contributed by atoms with van der Waals surface area (Å²) < 4.78 is 28.5. The molecule has 0 aliphatic rings. The Balaban J connectivity index is 2.12. The van der Waals surface area contributed by atoms with Gasteiger partial charge in [0.1, 0.15) is 28.0 Å². The number of carbonyl (C=O) groups is 2. The Kier molecular flexibility index (Phi) is 9.20. The highest BCUT2D eigenvalue weighted by molar-refractivity contribution is 7.99. The zero-order chi connectivity index (χ0) is 30.3. The molecule has 2 aromatic carbocycles.